The van der Waals surface area contributed by atoms with Gasteiger partial charge in [0.15, 0.2) is 0 Å². The fourth-order valence-electron chi connectivity index (χ4n) is 3.46. The third-order valence-electron chi connectivity index (χ3n) is 4.93. The molecule has 0 saturated carbocycles. The van der Waals surface area contributed by atoms with Crippen LogP contribution in [-0.2, 0) is 4.79 Å². The predicted octanol–water partition coefficient (Wildman–Crippen LogP) is 3.89. The second-order valence-electron chi connectivity index (χ2n) is 8.03. The number of anilines is 1. The molecule has 1 N–H and O–H groups in total. The van der Waals surface area contributed by atoms with Crippen molar-refractivity contribution in [1.29, 1.82) is 0 Å². The number of amides is 1. The van der Waals surface area contributed by atoms with E-state index in [4.69, 9.17) is 14.2 Å². The Morgan fingerprint density at radius 2 is 2.03 bits per heavy atom. The van der Waals surface area contributed by atoms with Crippen molar-refractivity contribution in [2.24, 2.45) is 5.92 Å². The zero-order valence-corrected chi connectivity index (χ0v) is 18.7. The van der Waals surface area contributed by atoms with E-state index in [0.717, 1.165) is 36.5 Å². The number of nitrogens with one attached hydrogen (secondary N) is 1. The number of nitrogens with zero attached hydrogens (tertiary/aromatic N) is 2. The average Bonchev–Trinajstić information content (AvgIpc) is 3.20. The SMILES string of the molecule is C=C(NC(C)=O)c1ccc(O[C@@H]2CCN(c3ccnc(OCC(C)C)c3OC)C2)cc1. The molecule has 0 spiro atoms. The number of methoxy groups -OCH3 is 1. The molecule has 1 amide bonds. The Balaban J connectivity index is 1.63. The fourth-order valence-corrected chi connectivity index (χ4v) is 3.46. The first-order valence-corrected chi connectivity index (χ1v) is 10.5. The summed E-state index contributed by atoms with van der Waals surface area (Å²) < 4.78 is 17.6. The van der Waals surface area contributed by atoms with E-state index < -0.39 is 0 Å². The van der Waals surface area contributed by atoms with Gasteiger partial charge in [-0.1, -0.05) is 20.4 Å². The van der Waals surface area contributed by atoms with Gasteiger partial charge in [-0.05, 0) is 41.8 Å². The third kappa shape index (κ3) is 5.90. The number of hydrogen-bond acceptors (Lipinski definition) is 6. The Hall–Kier alpha value is -3.22. The Morgan fingerprint density at radius 3 is 2.68 bits per heavy atom. The summed E-state index contributed by atoms with van der Waals surface area (Å²) in [6, 6.07) is 9.53. The molecule has 1 aliphatic heterocycles. The van der Waals surface area contributed by atoms with Gasteiger partial charge in [-0.25, -0.2) is 4.98 Å². The summed E-state index contributed by atoms with van der Waals surface area (Å²) in [7, 11) is 1.64. The van der Waals surface area contributed by atoms with E-state index in [-0.39, 0.29) is 12.0 Å². The maximum atomic E-state index is 11.2. The predicted molar refractivity (Wildman–Crippen MR) is 122 cm³/mol. The van der Waals surface area contributed by atoms with Crippen molar-refractivity contribution in [2.75, 3.05) is 31.7 Å². The molecule has 0 radical (unpaired) electrons. The Bertz CT molecular complexity index is 912. The lowest BCUT2D eigenvalue weighted by Gasteiger charge is -2.22. The molecule has 1 aromatic heterocycles. The lowest BCUT2D eigenvalue weighted by atomic mass is 10.1. The molecule has 1 saturated heterocycles. The standard InChI is InChI=1S/C24H31N3O4/c1-16(2)15-30-24-23(29-5)22(10-12-25-24)27-13-11-21(14-27)31-20-8-6-19(7-9-20)17(3)26-18(4)28/h6-10,12,16,21H,3,11,13-15H2,1-2,4-5H3,(H,26,28)/t21-/m1/s1. The van der Waals surface area contributed by atoms with Crippen LogP contribution in [0.15, 0.2) is 43.1 Å². The van der Waals surface area contributed by atoms with Crippen molar-refractivity contribution in [3.8, 4) is 17.4 Å². The van der Waals surface area contributed by atoms with Gasteiger partial charge in [0.05, 0.1) is 25.9 Å². The summed E-state index contributed by atoms with van der Waals surface area (Å²) in [5.41, 5.74) is 2.39. The van der Waals surface area contributed by atoms with Crippen LogP contribution in [0.1, 0.15) is 32.8 Å². The summed E-state index contributed by atoms with van der Waals surface area (Å²) in [6.07, 6.45) is 2.71. The van der Waals surface area contributed by atoms with E-state index >= 15 is 0 Å². The molecule has 2 heterocycles. The zero-order chi connectivity index (χ0) is 22.4. The van der Waals surface area contributed by atoms with E-state index in [1.54, 1.807) is 13.3 Å². The highest BCUT2D eigenvalue weighted by Crippen LogP contribution is 2.37. The number of benzene rings is 1. The van der Waals surface area contributed by atoms with Crippen LogP contribution in [0.4, 0.5) is 5.69 Å². The van der Waals surface area contributed by atoms with Gasteiger partial charge >= 0.3 is 0 Å². The Labute approximate surface area is 184 Å². The van der Waals surface area contributed by atoms with Crippen LogP contribution in [0.5, 0.6) is 17.4 Å². The third-order valence-corrected chi connectivity index (χ3v) is 4.93. The monoisotopic (exact) mass is 425 g/mol. The summed E-state index contributed by atoms with van der Waals surface area (Å²) in [6.45, 7) is 11.7. The first-order chi connectivity index (χ1) is 14.9. The molecule has 7 heteroatoms. The second-order valence-corrected chi connectivity index (χ2v) is 8.03. The van der Waals surface area contributed by atoms with Crippen LogP contribution >= 0.6 is 0 Å². The van der Waals surface area contributed by atoms with Gasteiger partial charge in [0, 0.05) is 31.8 Å². The molecule has 0 bridgehead atoms. The summed E-state index contributed by atoms with van der Waals surface area (Å²) in [4.78, 5) is 17.8. The highest BCUT2D eigenvalue weighted by atomic mass is 16.5. The maximum Gasteiger partial charge on any atom is 0.259 e. The van der Waals surface area contributed by atoms with Crippen LogP contribution in [-0.4, -0.2) is 43.8 Å². The molecule has 166 valence electrons. The quantitative estimate of drug-likeness (QED) is 0.657. The molecule has 1 aliphatic rings. The van der Waals surface area contributed by atoms with E-state index in [9.17, 15) is 4.79 Å². The van der Waals surface area contributed by atoms with E-state index in [0.29, 0.717) is 29.9 Å². The minimum absolute atomic E-state index is 0.0577. The molecule has 0 unspecified atom stereocenters. The number of hydrogen-bond donors (Lipinski definition) is 1. The summed E-state index contributed by atoms with van der Waals surface area (Å²) in [5.74, 6) is 2.23. The van der Waals surface area contributed by atoms with Crippen molar-refractivity contribution in [2.45, 2.75) is 33.3 Å². The van der Waals surface area contributed by atoms with Crippen molar-refractivity contribution < 1.29 is 19.0 Å². The molecule has 1 fully saturated rings. The van der Waals surface area contributed by atoms with Gasteiger partial charge < -0.3 is 24.4 Å². The Kier molecular flexibility index (Phi) is 7.39. The highest BCUT2D eigenvalue weighted by Gasteiger charge is 2.28. The molecule has 2 aromatic rings. The average molecular weight is 426 g/mol. The molecule has 7 nitrogen and oxygen atoms in total. The lowest BCUT2D eigenvalue weighted by molar-refractivity contribution is -0.117. The summed E-state index contributed by atoms with van der Waals surface area (Å²) >= 11 is 0. The second kappa shape index (κ2) is 10.2. The maximum absolute atomic E-state index is 11.2. The van der Waals surface area contributed by atoms with Gasteiger partial charge in [0.2, 0.25) is 11.7 Å². The molecule has 1 atom stereocenters. The smallest absolute Gasteiger partial charge is 0.259 e. The normalized spacial score (nSPS) is 15.6. The summed E-state index contributed by atoms with van der Waals surface area (Å²) in [5, 5.41) is 2.70. The largest absolute Gasteiger partial charge is 0.490 e. The number of carbonyl (C=O) groups excluding carboxylic acids is 1. The van der Waals surface area contributed by atoms with Gasteiger partial charge in [-0.3, -0.25) is 4.79 Å². The van der Waals surface area contributed by atoms with Crippen LogP contribution in [0.2, 0.25) is 0 Å². The van der Waals surface area contributed by atoms with Crippen LogP contribution in [0.3, 0.4) is 0 Å². The number of ether oxygens (including phenoxy) is 3. The first kappa shape index (κ1) is 22.5. The van der Waals surface area contributed by atoms with Gasteiger partial charge in [-0.2, -0.15) is 0 Å². The molecule has 1 aromatic carbocycles. The molecule has 31 heavy (non-hydrogen) atoms. The van der Waals surface area contributed by atoms with Crippen molar-refractivity contribution in [3.05, 3.63) is 48.7 Å². The van der Waals surface area contributed by atoms with E-state index in [1.807, 2.05) is 30.3 Å². The lowest BCUT2D eigenvalue weighted by Crippen LogP contribution is -2.25. The van der Waals surface area contributed by atoms with Crippen LogP contribution < -0.4 is 24.4 Å². The van der Waals surface area contributed by atoms with Gasteiger partial charge in [0.1, 0.15) is 11.9 Å². The van der Waals surface area contributed by atoms with Crippen LogP contribution in [0, 0.1) is 5.92 Å². The van der Waals surface area contributed by atoms with Crippen molar-refractivity contribution in [1.82, 2.24) is 10.3 Å². The molecule has 3 rings (SSSR count). The highest BCUT2D eigenvalue weighted by molar-refractivity contribution is 5.84. The number of pyridine rings is 1. The number of carbonyl (C=O) groups is 1. The number of aromatic nitrogens is 1. The van der Waals surface area contributed by atoms with Crippen LogP contribution in [0.25, 0.3) is 5.70 Å². The van der Waals surface area contributed by atoms with Crippen molar-refractivity contribution in [3.63, 3.8) is 0 Å². The molecule has 0 aliphatic carbocycles. The minimum Gasteiger partial charge on any atom is -0.490 e. The minimum atomic E-state index is -0.138. The molecular formula is C24H31N3O4. The van der Waals surface area contributed by atoms with E-state index in [2.05, 4.69) is 35.6 Å². The Morgan fingerprint density at radius 1 is 1.29 bits per heavy atom. The van der Waals surface area contributed by atoms with Gasteiger partial charge in [0.25, 0.3) is 5.88 Å². The fraction of sp³-hybridized carbons (Fsp3) is 0.417. The topological polar surface area (TPSA) is 72.9 Å². The first-order valence-electron chi connectivity index (χ1n) is 10.5. The van der Waals surface area contributed by atoms with Crippen molar-refractivity contribution >= 4 is 17.3 Å². The number of rotatable bonds is 9. The van der Waals surface area contributed by atoms with Gasteiger partial charge in [-0.15, -0.1) is 0 Å². The zero-order valence-electron chi connectivity index (χ0n) is 18.7. The molecular weight excluding hydrogens is 394 g/mol. The van der Waals surface area contributed by atoms with E-state index in [1.165, 1.54) is 6.92 Å².